The monoisotopic (exact) mass is 583 g/mol. The lowest BCUT2D eigenvalue weighted by Gasteiger charge is -2.39. The minimum absolute atomic E-state index is 0.0356. The average molecular weight is 585 g/mol. The summed E-state index contributed by atoms with van der Waals surface area (Å²) in [7, 11) is 1.50. The molecule has 0 saturated carbocycles. The van der Waals surface area contributed by atoms with E-state index in [0.29, 0.717) is 22.3 Å². The van der Waals surface area contributed by atoms with Gasteiger partial charge in [-0.05, 0) is 65.4 Å². The van der Waals surface area contributed by atoms with Crippen LogP contribution >= 0.6 is 23.2 Å². The summed E-state index contributed by atoms with van der Waals surface area (Å²) in [5.74, 6) is -0.941. The van der Waals surface area contributed by atoms with Crippen molar-refractivity contribution in [3.8, 4) is 5.75 Å². The second-order valence-corrected chi connectivity index (χ2v) is 12.3. The summed E-state index contributed by atoms with van der Waals surface area (Å²) in [5, 5.41) is 17.0. The molecule has 1 amide bonds. The lowest BCUT2D eigenvalue weighted by atomic mass is 9.63. The number of benzene rings is 3. The van der Waals surface area contributed by atoms with E-state index in [2.05, 4.69) is 31.4 Å². The highest BCUT2D eigenvalue weighted by atomic mass is 35.5. The number of fused-ring (bicyclic) bond motifs is 2. The Kier molecular flexibility index (Phi) is 8.69. The van der Waals surface area contributed by atoms with Gasteiger partial charge in [-0.2, -0.15) is 0 Å². The number of nitrogens with two attached hydrogens (primary N) is 1. The van der Waals surface area contributed by atoms with Crippen molar-refractivity contribution in [2.24, 2.45) is 11.1 Å². The summed E-state index contributed by atoms with van der Waals surface area (Å²) >= 11 is 13.1. The molecule has 2 aliphatic heterocycles. The van der Waals surface area contributed by atoms with Crippen LogP contribution in [-0.4, -0.2) is 42.7 Å². The summed E-state index contributed by atoms with van der Waals surface area (Å²) in [6, 6.07) is 19.5. The molecule has 2 heterocycles. The number of hydrogen-bond donors (Lipinski definition) is 4. The van der Waals surface area contributed by atoms with Gasteiger partial charge in [0.1, 0.15) is 5.75 Å². The first kappa shape index (κ1) is 29.7. The van der Waals surface area contributed by atoms with Crippen LogP contribution in [0.25, 0.3) is 0 Å². The smallest absolute Gasteiger partial charge is 0.335 e. The zero-order chi connectivity index (χ0) is 29.2. The summed E-state index contributed by atoms with van der Waals surface area (Å²) in [6.07, 6.45) is 0.880. The molecule has 0 aromatic heterocycles. The van der Waals surface area contributed by atoms with Gasteiger partial charge < -0.3 is 26.2 Å². The summed E-state index contributed by atoms with van der Waals surface area (Å²) in [5.41, 5.74) is 8.94. The predicted molar refractivity (Wildman–Crippen MR) is 160 cm³/mol. The summed E-state index contributed by atoms with van der Waals surface area (Å²) in [6.45, 7) is 7.33. The van der Waals surface area contributed by atoms with Gasteiger partial charge in [-0.3, -0.25) is 4.79 Å². The zero-order valence-corrected chi connectivity index (χ0v) is 24.5. The first-order valence-electron chi connectivity index (χ1n) is 13.1. The summed E-state index contributed by atoms with van der Waals surface area (Å²) < 4.78 is 4.84. The highest BCUT2D eigenvalue weighted by Gasteiger charge is 2.61. The van der Waals surface area contributed by atoms with Gasteiger partial charge in [-0.25, -0.2) is 4.79 Å². The average Bonchev–Trinajstić information content (AvgIpc) is 3.42. The number of carboxylic acid groups (broad SMARTS) is 1. The molecule has 0 unspecified atom stereocenters. The number of carboxylic acids is 1. The van der Waals surface area contributed by atoms with E-state index in [9.17, 15) is 9.59 Å². The van der Waals surface area contributed by atoms with Crippen molar-refractivity contribution in [1.29, 1.82) is 0 Å². The topological polar surface area (TPSA) is 114 Å². The zero-order valence-electron chi connectivity index (χ0n) is 23.0. The van der Waals surface area contributed by atoms with E-state index >= 15 is 0 Å². The van der Waals surface area contributed by atoms with Crippen molar-refractivity contribution in [3.05, 3.63) is 93.5 Å². The molecule has 5 N–H and O–H groups in total. The molecular weight excluding hydrogens is 549 g/mol. The van der Waals surface area contributed by atoms with Crippen molar-refractivity contribution in [1.82, 2.24) is 5.32 Å². The Morgan fingerprint density at radius 1 is 1.07 bits per heavy atom. The molecule has 0 aliphatic carbocycles. The highest BCUT2D eigenvalue weighted by Crippen LogP contribution is 2.56. The molecule has 9 heteroatoms. The van der Waals surface area contributed by atoms with Crippen molar-refractivity contribution in [2.75, 3.05) is 19.0 Å². The van der Waals surface area contributed by atoms with E-state index in [1.165, 1.54) is 19.2 Å². The Labute approximate surface area is 245 Å². The Balaban J connectivity index is 0.000000283. The lowest BCUT2D eigenvalue weighted by Crippen LogP contribution is -2.46. The van der Waals surface area contributed by atoms with E-state index in [4.69, 9.17) is 38.8 Å². The van der Waals surface area contributed by atoms with Crippen LogP contribution in [0.5, 0.6) is 5.75 Å². The van der Waals surface area contributed by atoms with Gasteiger partial charge in [0.2, 0.25) is 5.91 Å². The number of primary amides is 1. The third kappa shape index (κ3) is 5.92. The Hall–Kier alpha value is -3.26. The maximum atomic E-state index is 12.6. The third-order valence-electron chi connectivity index (χ3n) is 7.63. The fourth-order valence-electron chi connectivity index (χ4n) is 6.00. The number of nitrogens with one attached hydrogen (secondary N) is 2. The van der Waals surface area contributed by atoms with Crippen LogP contribution in [0.15, 0.2) is 66.7 Å². The van der Waals surface area contributed by atoms with Crippen molar-refractivity contribution < 1.29 is 19.4 Å². The van der Waals surface area contributed by atoms with Gasteiger partial charge in [-0.1, -0.05) is 68.2 Å². The number of halogens is 2. The largest absolute Gasteiger partial charge is 0.497 e. The quantitative estimate of drug-likeness (QED) is 0.289. The number of aromatic carboxylic acids is 1. The first-order chi connectivity index (χ1) is 18.9. The van der Waals surface area contributed by atoms with Crippen LogP contribution < -0.4 is 21.1 Å². The van der Waals surface area contributed by atoms with Crippen molar-refractivity contribution >= 4 is 40.8 Å². The summed E-state index contributed by atoms with van der Waals surface area (Å²) in [4.78, 5) is 23.0. The number of methoxy groups -OCH3 is 1. The maximum Gasteiger partial charge on any atom is 0.335 e. The molecule has 4 atom stereocenters. The fourth-order valence-corrected chi connectivity index (χ4v) is 6.42. The Bertz CT molecular complexity index is 1410. The number of carbonyl (C=O) groups excluding carboxylic acids is 1. The molecular formula is C31H35Cl2N3O4. The van der Waals surface area contributed by atoms with Gasteiger partial charge in [0, 0.05) is 39.7 Å². The molecule has 7 nitrogen and oxygen atoms in total. The standard InChI is InChI=1S/C23H27Cl2N3O.C8H8O3/c1-22(2,3)11-18-23(12-27-17-9-8-13(24)10-15(17)23)19(20(28-18)21(26)29)14-6-4-5-7-16(14)25;1-11-7-4-2-3-6(5-7)8(9)10/h4-10,18-20,27-28H,11-12H2,1-3H3,(H2,26,29);2-5H,1H3,(H,9,10)/t18-,19-,20+,23-;/m0./s1. The molecule has 1 fully saturated rings. The van der Waals surface area contributed by atoms with E-state index in [1.54, 1.807) is 12.1 Å². The van der Waals surface area contributed by atoms with Gasteiger partial charge in [0.15, 0.2) is 0 Å². The first-order valence-corrected chi connectivity index (χ1v) is 13.8. The highest BCUT2D eigenvalue weighted by molar-refractivity contribution is 6.31. The molecule has 2 aliphatic rings. The number of carbonyl (C=O) groups is 2. The molecule has 3 aromatic carbocycles. The van der Waals surface area contributed by atoms with Gasteiger partial charge in [0.25, 0.3) is 0 Å². The van der Waals surface area contributed by atoms with Gasteiger partial charge in [0.05, 0.1) is 18.7 Å². The second kappa shape index (κ2) is 11.7. The molecule has 1 saturated heterocycles. The van der Waals surface area contributed by atoms with Crippen LogP contribution in [-0.2, 0) is 10.2 Å². The maximum absolute atomic E-state index is 12.6. The third-order valence-corrected chi connectivity index (χ3v) is 8.20. The molecule has 1 spiro atoms. The normalized spacial score (nSPS) is 23.1. The van der Waals surface area contributed by atoms with Gasteiger partial charge >= 0.3 is 5.97 Å². The minimum Gasteiger partial charge on any atom is -0.497 e. The van der Waals surface area contributed by atoms with Crippen LogP contribution in [0.1, 0.15) is 54.6 Å². The number of ether oxygens (including phenoxy) is 1. The minimum atomic E-state index is -0.941. The predicted octanol–water partition coefficient (Wildman–Crippen LogP) is 6.10. The van der Waals surface area contributed by atoms with Crippen LogP contribution in [0.2, 0.25) is 10.0 Å². The molecule has 212 valence electrons. The molecule has 40 heavy (non-hydrogen) atoms. The molecule has 5 rings (SSSR count). The Morgan fingerprint density at radius 2 is 1.80 bits per heavy atom. The molecule has 3 aromatic rings. The number of rotatable bonds is 5. The van der Waals surface area contributed by atoms with Crippen molar-refractivity contribution in [2.45, 2.75) is 50.6 Å². The van der Waals surface area contributed by atoms with Gasteiger partial charge in [-0.15, -0.1) is 0 Å². The fraction of sp³-hybridized carbons (Fsp3) is 0.355. The second-order valence-electron chi connectivity index (χ2n) is 11.5. The van der Waals surface area contributed by atoms with Crippen LogP contribution in [0.4, 0.5) is 5.69 Å². The van der Waals surface area contributed by atoms with E-state index in [0.717, 1.165) is 23.2 Å². The van der Waals surface area contributed by atoms with Crippen LogP contribution in [0, 0.1) is 5.41 Å². The van der Waals surface area contributed by atoms with E-state index in [-0.39, 0.29) is 28.8 Å². The molecule has 0 bridgehead atoms. The lowest BCUT2D eigenvalue weighted by molar-refractivity contribution is -0.120. The van der Waals surface area contributed by atoms with E-state index < -0.39 is 17.4 Å². The SMILES string of the molecule is CC(C)(C)C[C@@H]1N[C@@H](C(N)=O)[C@H](c2ccccc2Cl)[C@]12CNc1ccc(Cl)cc12.COc1cccc(C(=O)O)c1. The number of hydrogen-bond acceptors (Lipinski definition) is 5. The van der Waals surface area contributed by atoms with Crippen LogP contribution in [0.3, 0.4) is 0 Å². The van der Waals surface area contributed by atoms with E-state index in [1.807, 2.05) is 42.5 Å². The number of amides is 1. The molecule has 0 radical (unpaired) electrons. The number of anilines is 1. The van der Waals surface area contributed by atoms with Crippen molar-refractivity contribution in [3.63, 3.8) is 0 Å². The Morgan fingerprint density at radius 3 is 2.42 bits per heavy atom.